The highest BCUT2D eigenvalue weighted by Gasteiger charge is 2.65. The summed E-state index contributed by atoms with van der Waals surface area (Å²) in [6.45, 7) is 0. The van der Waals surface area contributed by atoms with Crippen LogP contribution in [0.1, 0.15) is 0 Å². The normalized spacial score (nSPS) is 16.1. The van der Waals surface area contributed by atoms with E-state index in [2.05, 4.69) is 15.4 Å². The molecule has 0 aliphatic carbocycles. The van der Waals surface area contributed by atoms with Crippen LogP contribution in [0.3, 0.4) is 0 Å². The lowest BCUT2D eigenvalue weighted by molar-refractivity contribution is 0.364. The van der Waals surface area contributed by atoms with E-state index < -0.39 is 15.1 Å². The summed E-state index contributed by atoms with van der Waals surface area (Å²) in [5.74, 6) is 0. The summed E-state index contributed by atoms with van der Waals surface area (Å²) in [4.78, 5) is -1.55. The number of rotatable bonds is 3. The SMILES string of the molecule is FS(F)(F)(F)(F)c1ccc(Sc2cn[nH]n2)cc1. The average molecular weight is 303 g/mol. The van der Waals surface area contributed by atoms with E-state index in [4.69, 9.17) is 0 Å². The number of halogens is 5. The molecule has 0 unspecified atom stereocenters. The van der Waals surface area contributed by atoms with E-state index in [-0.39, 0.29) is 0 Å². The van der Waals surface area contributed by atoms with Gasteiger partial charge in [-0.3, -0.25) is 0 Å². The first-order chi connectivity index (χ1) is 8.04. The zero-order chi connectivity index (χ0) is 13.5. The van der Waals surface area contributed by atoms with E-state index in [1.807, 2.05) is 0 Å². The van der Waals surface area contributed by atoms with Crippen LogP contribution < -0.4 is 0 Å². The summed E-state index contributed by atoms with van der Waals surface area (Å²) in [6.07, 6.45) is 1.36. The molecular formula is C8H6F5N3S2. The molecule has 0 spiro atoms. The Kier molecular flexibility index (Phi) is 2.47. The lowest BCUT2D eigenvalue weighted by Gasteiger charge is -2.40. The van der Waals surface area contributed by atoms with Crippen molar-refractivity contribution in [3.8, 4) is 0 Å². The van der Waals surface area contributed by atoms with Crippen molar-refractivity contribution in [2.75, 3.05) is 0 Å². The van der Waals surface area contributed by atoms with E-state index in [0.717, 1.165) is 23.9 Å². The third-order valence-corrected chi connectivity index (χ3v) is 3.96. The fraction of sp³-hybridized carbons (Fsp3) is 0. The molecule has 0 atom stereocenters. The molecular weight excluding hydrogens is 297 g/mol. The smallest absolute Gasteiger partial charge is 0.197 e. The average Bonchev–Trinajstić information content (AvgIpc) is 2.67. The van der Waals surface area contributed by atoms with Crippen LogP contribution in [0.4, 0.5) is 19.4 Å². The molecule has 1 N–H and O–H groups in total. The van der Waals surface area contributed by atoms with E-state index in [1.165, 1.54) is 6.20 Å². The van der Waals surface area contributed by atoms with Crippen molar-refractivity contribution >= 4 is 22.0 Å². The van der Waals surface area contributed by atoms with Gasteiger partial charge in [-0.25, -0.2) is 0 Å². The molecule has 2 aromatic rings. The van der Waals surface area contributed by atoms with Gasteiger partial charge in [0.25, 0.3) is 0 Å². The predicted octanol–water partition coefficient (Wildman–Crippen LogP) is 4.61. The molecule has 10 heteroatoms. The Morgan fingerprint density at radius 3 is 2.06 bits per heavy atom. The molecule has 0 saturated heterocycles. The van der Waals surface area contributed by atoms with Crippen molar-refractivity contribution < 1.29 is 19.4 Å². The molecule has 0 fully saturated rings. The number of hydrogen-bond acceptors (Lipinski definition) is 3. The van der Waals surface area contributed by atoms with Gasteiger partial charge >= 0.3 is 10.2 Å². The number of nitrogens with one attached hydrogen (secondary N) is 1. The quantitative estimate of drug-likeness (QED) is 0.842. The largest absolute Gasteiger partial charge is 0.310 e. The molecule has 0 aliphatic heterocycles. The minimum Gasteiger partial charge on any atom is -0.197 e. The van der Waals surface area contributed by atoms with Gasteiger partial charge in [0, 0.05) is 4.90 Å². The van der Waals surface area contributed by atoms with Gasteiger partial charge in [-0.15, -0.1) is 5.10 Å². The molecule has 1 aromatic heterocycles. The molecule has 0 saturated carbocycles. The van der Waals surface area contributed by atoms with E-state index >= 15 is 0 Å². The van der Waals surface area contributed by atoms with E-state index in [9.17, 15) is 19.4 Å². The summed E-state index contributed by atoms with van der Waals surface area (Å²) in [7, 11) is -9.58. The number of aromatic amines is 1. The second-order valence-corrected chi connectivity index (χ2v) is 6.85. The minimum absolute atomic E-state index is 0.356. The van der Waals surface area contributed by atoms with Gasteiger partial charge in [0.05, 0.1) is 6.20 Å². The Morgan fingerprint density at radius 2 is 1.61 bits per heavy atom. The Labute approximate surface area is 102 Å². The zero-order valence-electron chi connectivity index (χ0n) is 8.49. The van der Waals surface area contributed by atoms with Gasteiger partial charge in [-0.1, -0.05) is 31.2 Å². The van der Waals surface area contributed by atoms with Crippen LogP contribution in [0.25, 0.3) is 0 Å². The number of H-pyrrole nitrogens is 1. The summed E-state index contributed by atoms with van der Waals surface area (Å²) in [5, 5.41) is 9.93. The Morgan fingerprint density at radius 1 is 1.00 bits per heavy atom. The number of benzene rings is 1. The van der Waals surface area contributed by atoms with Crippen LogP contribution in [-0.4, -0.2) is 15.4 Å². The topological polar surface area (TPSA) is 41.6 Å². The highest BCUT2D eigenvalue weighted by Crippen LogP contribution is 3.02. The van der Waals surface area contributed by atoms with Crippen molar-refractivity contribution in [3.05, 3.63) is 30.5 Å². The highest BCUT2D eigenvalue weighted by molar-refractivity contribution is 8.45. The van der Waals surface area contributed by atoms with Crippen LogP contribution >= 0.6 is 22.0 Å². The zero-order valence-corrected chi connectivity index (χ0v) is 10.1. The van der Waals surface area contributed by atoms with Crippen LogP contribution in [0, 0.1) is 0 Å². The standard InChI is InChI=1S/C8H6F5N3S2/c9-18(10,11,12,13)7-3-1-6(2-4-7)17-8-5-14-16-15-8/h1-5H,(H,14,15,16). The molecule has 3 nitrogen and oxygen atoms in total. The molecule has 1 heterocycles. The fourth-order valence-corrected chi connectivity index (χ4v) is 2.48. The van der Waals surface area contributed by atoms with Gasteiger partial charge in [-0.2, -0.15) is 10.3 Å². The molecule has 0 bridgehead atoms. The first-order valence-electron chi connectivity index (χ1n) is 4.42. The summed E-state index contributed by atoms with van der Waals surface area (Å²) < 4.78 is 62.1. The lowest BCUT2D eigenvalue weighted by atomic mass is 10.4. The summed E-state index contributed by atoms with van der Waals surface area (Å²) >= 11 is 1.01. The maximum atomic E-state index is 12.4. The van der Waals surface area contributed by atoms with Crippen molar-refractivity contribution in [2.24, 2.45) is 0 Å². The van der Waals surface area contributed by atoms with Crippen molar-refractivity contribution in [1.82, 2.24) is 15.4 Å². The van der Waals surface area contributed by atoms with Crippen LogP contribution in [0.15, 0.2) is 45.3 Å². The van der Waals surface area contributed by atoms with Crippen molar-refractivity contribution in [2.45, 2.75) is 14.8 Å². The molecule has 0 radical (unpaired) electrons. The first-order valence-corrected chi connectivity index (χ1v) is 7.19. The van der Waals surface area contributed by atoms with Crippen LogP contribution in [0.2, 0.25) is 0 Å². The molecule has 0 aliphatic rings. The number of aromatic nitrogens is 3. The van der Waals surface area contributed by atoms with Crippen molar-refractivity contribution in [3.63, 3.8) is 0 Å². The maximum Gasteiger partial charge on any atom is 0.310 e. The Hall–Kier alpha value is -1.29. The summed E-state index contributed by atoms with van der Waals surface area (Å²) in [5.41, 5.74) is 0. The molecule has 1 aromatic carbocycles. The number of hydrogen-bond donors (Lipinski definition) is 1. The van der Waals surface area contributed by atoms with Gasteiger partial charge in [0.1, 0.15) is 9.92 Å². The predicted molar refractivity (Wildman–Crippen MR) is 58.3 cm³/mol. The first kappa shape index (κ1) is 13.1. The van der Waals surface area contributed by atoms with Crippen LogP contribution in [-0.2, 0) is 0 Å². The molecule has 18 heavy (non-hydrogen) atoms. The Bertz CT molecular complexity index is 548. The Balaban J connectivity index is 2.27. The fourth-order valence-electron chi connectivity index (χ4n) is 1.13. The molecule has 2 rings (SSSR count). The van der Waals surface area contributed by atoms with Crippen molar-refractivity contribution in [1.29, 1.82) is 0 Å². The van der Waals surface area contributed by atoms with Crippen LogP contribution in [0.5, 0.6) is 0 Å². The van der Waals surface area contributed by atoms with E-state index in [1.54, 1.807) is 0 Å². The van der Waals surface area contributed by atoms with Gasteiger partial charge in [-0.05, 0) is 24.3 Å². The highest BCUT2D eigenvalue weighted by atomic mass is 32.5. The van der Waals surface area contributed by atoms with Gasteiger partial charge in [0.15, 0.2) is 0 Å². The minimum atomic E-state index is -9.58. The second kappa shape index (κ2) is 3.38. The molecule has 100 valence electrons. The maximum absolute atomic E-state index is 12.4. The lowest BCUT2D eigenvalue weighted by Crippen LogP contribution is -2.05. The third-order valence-electron chi connectivity index (χ3n) is 1.88. The second-order valence-electron chi connectivity index (χ2n) is 3.35. The third kappa shape index (κ3) is 3.13. The monoisotopic (exact) mass is 303 g/mol. The van der Waals surface area contributed by atoms with E-state index in [0.29, 0.717) is 22.1 Å². The molecule has 0 amide bonds. The van der Waals surface area contributed by atoms with Gasteiger partial charge in [0.2, 0.25) is 0 Å². The number of nitrogens with zero attached hydrogens (tertiary/aromatic N) is 2. The summed E-state index contributed by atoms with van der Waals surface area (Å²) in [6, 6.07) is 2.66. The van der Waals surface area contributed by atoms with Gasteiger partial charge < -0.3 is 0 Å².